The van der Waals surface area contributed by atoms with Gasteiger partial charge in [-0.2, -0.15) is 4.99 Å². The monoisotopic (exact) mass is 394 g/mol. The van der Waals surface area contributed by atoms with Crippen molar-refractivity contribution in [3.05, 3.63) is 57.0 Å². The summed E-state index contributed by atoms with van der Waals surface area (Å²) in [6.45, 7) is -0.347. The normalized spacial score (nSPS) is 12.2. The number of carbonyl (C=O) groups is 2. The van der Waals surface area contributed by atoms with Gasteiger partial charge in [-0.3, -0.25) is 9.59 Å². The summed E-state index contributed by atoms with van der Waals surface area (Å²) in [4.78, 5) is 28.6. The summed E-state index contributed by atoms with van der Waals surface area (Å²) >= 11 is 2.37. The van der Waals surface area contributed by atoms with E-state index in [-0.39, 0.29) is 21.6 Å². The number of thiazole rings is 1. The predicted molar refractivity (Wildman–Crippen MR) is 95.7 cm³/mol. The number of aromatic nitrogens is 1. The maximum atomic E-state index is 14.2. The van der Waals surface area contributed by atoms with Gasteiger partial charge in [0.15, 0.2) is 10.6 Å². The number of nitrogens with zero attached hydrogens (tertiary/aromatic N) is 2. The molecule has 9 heteroatoms. The summed E-state index contributed by atoms with van der Waals surface area (Å²) in [6.07, 6.45) is 2.88. The maximum absolute atomic E-state index is 14.2. The first-order valence-electron chi connectivity index (χ1n) is 7.33. The van der Waals surface area contributed by atoms with Crippen LogP contribution in [0.4, 0.5) is 8.78 Å². The van der Waals surface area contributed by atoms with Crippen molar-refractivity contribution in [2.75, 3.05) is 7.11 Å². The first kappa shape index (κ1) is 18.2. The zero-order valence-electron chi connectivity index (χ0n) is 13.4. The van der Waals surface area contributed by atoms with E-state index in [2.05, 4.69) is 9.73 Å². The van der Waals surface area contributed by atoms with Gasteiger partial charge < -0.3 is 9.30 Å². The SMILES string of the molecule is COC(=O)Cn1c(=NC(=O)C=Cc2cccs2)sc2cc(F)cc(F)c21. The van der Waals surface area contributed by atoms with Crippen molar-refractivity contribution in [3.8, 4) is 0 Å². The van der Waals surface area contributed by atoms with E-state index in [1.807, 2.05) is 17.5 Å². The molecule has 134 valence electrons. The Kier molecular flexibility index (Phi) is 5.38. The van der Waals surface area contributed by atoms with E-state index >= 15 is 0 Å². The smallest absolute Gasteiger partial charge is 0.325 e. The van der Waals surface area contributed by atoms with Gasteiger partial charge in [-0.15, -0.1) is 11.3 Å². The highest BCUT2D eigenvalue weighted by Crippen LogP contribution is 2.22. The van der Waals surface area contributed by atoms with Crippen LogP contribution in [0.25, 0.3) is 16.3 Å². The van der Waals surface area contributed by atoms with Crippen LogP contribution in [0.1, 0.15) is 4.88 Å². The average molecular weight is 394 g/mol. The second-order valence-corrected chi connectivity index (χ2v) is 7.07. The fourth-order valence-electron chi connectivity index (χ4n) is 2.23. The maximum Gasteiger partial charge on any atom is 0.325 e. The number of benzene rings is 1. The Balaban J connectivity index is 2.08. The lowest BCUT2D eigenvalue weighted by molar-refractivity contribution is -0.141. The van der Waals surface area contributed by atoms with Crippen molar-refractivity contribution >= 4 is 50.8 Å². The van der Waals surface area contributed by atoms with E-state index in [0.29, 0.717) is 6.07 Å². The molecule has 0 aliphatic heterocycles. The van der Waals surface area contributed by atoms with Gasteiger partial charge in [-0.1, -0.05) is 17.4 Å². The molecule has 3 aromatic rings. The van der Waals surface area contributed by atoms with Crippen LogP contribution in [-0.4, -0.2) is 23.6 Å². The number of carbonyl (C=O) groups excluding carboxylic acids is 2. The predicted octanol–water partition coefficient (Wildman–Crippen LogP) is 3.36. The molecule has 0 saturated heterocycles. The number of methoxy groups -OCH3 is 1. The lowest BCUT2D eigenvalue weighted by Crippen LogP contribution is -2.22. The van der Waals surface area contributed by atoms with Crippen molar-refractivity contribution in [3.63, 3.8) is 0 Å². The minimum atomic E-state index is -0.844. The molecule has 26 heavy (non-hydrogen) atoms. The number of thiophene rings is 1. The molecule has 0 radical (unpaired) electrons. The summed E-state index contributed by atoms with van der Waals surface area (Å²) in [5.74, 6) is -2.82. The molecule has 1 aromatic carbocycles. The molecule has 0 spiro atoms. The van der Waals surface area contributed by atoms with Crippen molar-refractivity contribution in [2.45, 2.75) is 6.54 Å². The van der Waals surface area contributed by atoms with Crippen LogP contribution in [0.5, 0.6) is 0 Å². The molecule has 5 nitrogen and oxygen atoms in total. The number of hydrogen-bond acceptors (Lipinski definition) is 5. The Morgan fingerprint density at radius 1 is 1.35 bits per heavy atom. The van der Waals surface area contributed by atoms with Gasteiger partial charge in [0.05, 0.1) is 17.3 Å². The lowest BCUT2D eigenvalue weighted by Gasteiger charge is -2.04. The topological polar surface area (TPSA) is 60.7 Å². The molecule has 3 rings (SSSR count). The van der Waals surface area contributed by atoms with Crippen molar-refractivity contribution in [2.24, 2.45) is 4.99 Å². The second kappa shape index (κ2) is 7.71. The van der Waals surface area contributed by atoms with E-state index in [9.17, 15) is 18.4 Å². The molecule has 2 aromatic heterocycles. The quantitative estimate of drug-likeness (QED) is 0.504. The second-order valence-electron chi connectivity index (χ2n) is 5.08. The molecule has 0 aliphatic carbocycles. The molecule has 0 aliphatic rings. The molecule has 0 fully saturated rings. The number of halogens is 2. The molecular weight excluding hydrogens is 382 g/mol. The molecule has 0 bridgehead atoms. The van der Waals surface area contributed by atoms with Crippen molar-refractivity contribution in [1.82, 2.24) is 4.57 Å². The Labute approximate surface area is 154 Å². The molecular formula is C17H12F2N2O3S2. The fourth-order valence-corrected chi connectivity index (χ4v) is 3.92. The molecule has 0 atom stereocenters. The summed E-state index contributed by atoms with van der Waals surface area (Å²) in [5, 5.41) is 1.87. The Morgan fingerprint density at radius 2 is 2.15 bits per heavy atom. The standard InChI is InChI=1S/C17H12F2N2O3S2/c1-24-15(23)9-21-16-12(19)7-10(18)8-13(16)26-17(21)20-14(22)5-4-11-3-2-6-25-11/h2-8H,9H2,1H3. The minimum Gasteiger partial charge on any atom is -0.468 e. The number of ether oxygens (including phenoxy) is 1. The largest absolute Gasteiger partial charge is 0.468 e. The lowest BCUT2D eigenvalue weighted by atomic mass is 10.3. The van der Waals surface area contributed by atoms with Gasteiger partial charge in [-0.05, 0) is 23.6 Å². The minimum absolute atomic E-state index is 0.00409. The highest BCUT2D eigenvalue weighted by molar-refractivity contribution is 7.16. The summed E-state index contributed by atoms with van der Waals surface area (Å²) < 4.78 is 33.7. The number of fused-ring (bicyclic) bond motifs is 1. The van der Waals surface area contributed by atoms with Crippen molar-refractivity contribution in [1.29, 1.82) is 0 Å². The fraction of sp³-hybridized carbons (Fsp3) is 0.118. The Bertz CT molecular complexity index is 1070. The molecule has 0 N–H and O–H groups in total. The van der Waals surface area contributed by atoms with E-state index in [0.717, 1.165) is 22.3 Å². The third-order valence-electron chi connectivity index (χ3n) is 3.35. The van der Waals surface area contributed by atoms with E-state index in [1.54, 1.807) is 6.08 Å². The third kappa shape index (κ3) is 3.94. The van der Waals surface area contributed by atoms with Crippen LogP contribution < -0.4 is 4.80 Å². The van der Waals surface area contributed by atoms with E-state index in [1.165, 1.54) is 29.1 Å². The summed E-state index contributed by atoms with van der Waals surface area (Å²) in [5.41, 5.74) is -0.00409. The van der Waals surface area contributed by atoms with Gasteiger partial charge in [0.2, 0.25) is 0 Å². The van der Waals surface area contributed by atoms with Gasteiger partial charge in [-0.25, -0.2) is 8.78 Å². The third-order valence-corrected chi connectivity index (χ3v) is 5.21. The first-order chi connectivity index (χ1) is 12.5. The molecule has 2 heterocycles. The van der Waals surface area contributed by atoms with Crippen LogP contribution in [0, 0.1) is 11.6 Å². The highest BCUT2D eigenvalue weighted by atomic mass is 32.1. The van der Waals surface area contributed by atoms with Crippen LogP contribution in [0.15, 0.2) is 40.7 Å². The summed E-state index contributed by atoms with van der Waals surface area (Å²) in [6, 6.07) is 5.52. The number of hydrogen-bond donors (Lipinski definition) is 0. The first-order valence-corrected chi connectivity index (χ1v) is 9.03. The Hall–Kier alpha value is -2.65. The molecule has 0 saturated carbocycles. The van der Waals surface area contributed by atoms with Crippen LogP contribution in [0.2, 0.25) is 0 Å². The van der Waals surface area contributed by atoms with Gasteiger partial charge in [0.25, 0.3) is 5.91 Å². The van der Waals surface area contributed by atoms with E-state index < -0.39 is 23.5 Å². The van der Waals surface area contributed by atoms with Crippen LogP contribution in [-0.2, 0) is 20.9 Å². The zero-order chi connectivity index (χ0) is 18.7. The van der Waals surface area contributed by atoms with Crippen LogP contribution >= 0.6 is 22.7 Å². The van der Waals surface area contributed by atoms with Gasteiger partial charge >= 0.3 is 5.97 Å². The number of esters is 1. The summed E-state index contributed by atoms with van der Waals surface area (Å²) in [7, 11) is 1.19. The van der Waals surface area contributed by atoms with Crippen molar-refractivity contribution < 1.29 is 23.1 Å². The van der Waals surface area contributed by atoms with Gasteiger partial charge in [0.1, 0.15) is 12.4 Å². The highest BCUT2D eigenvalue weighted by Gasteiger charge is 2.16. The van der Waals surface area contributed by atoms with E-state index in [4.69, 9.17) is 0 Å². The molecule has 1 amide bonds. The van der Waals surface area contributed by atoms with Gasteiger partial charge in [0, 0.05) is 17.0 Å². The number of amides is 1. The average Bonchev–Trinajstić information content (AvgIpc) is 3.21. The van der Waals surface area contributed by atoms with Crippen LogP contribution in [0.3, 0.4) is 0 Å². The zero-order valence-corrected chi connectivity index (χ0v) is 15.1. The number of rotatable bonds is 4. The molecule has 0 unspecified atom stereocenters. The Morgan fingerprint density at radius 3 is 2.85 bits per heavy atom.